The van der Waals surface area contributed by atoms with Gasteiger partial charge in [0, 0.05) is 22.8 Å². The summed E-state index contributed by atoms with van der Waals surface area (Å²) in [7, 11) is -3.56. The molecule has 0 aliphatic rings. The molecule has 0 aliphatic carbocycles. The smallest absolute Gasteiger partial charge is 0.251 e. The van der Waals surface area contributed by atoms with E-state index in [2.05, 4.69) is 27.6 Å². The van der Waals surface area contributed by atoms with E-state index in [9.17, 15) is 13.2 Å². The molecule has 0 radical (unpaired) electrons. The zero-order valence-corrected chi connectivity index (χ0v) is 17.6. The number of fused-ring (bicyclic) bond motifs is 1. The highest BCUT2D eigenvalue weighted by atomic mass is 32.2. The van der Waals surface area contributed by atoms with E-state index < -0.39 is 10.0 Å². The lowest BCUT2D eigenvalue weighted by Crippen LogP contribution is -2.32. The Morgan fingerprint density at radius 2 is 1.82 bits per heavy atom. The molecule has 1 atom stereocenters. The molecule has 0 saturated heterocycles. The molecule has 0 saturated carbocycles. The number of thiophene rings is 1. The first-order valence-corrected chi connectivity index (χ1v) is 11.6. The van der Waals surface area contributed by atoms with Gasteiger partial charge >= 0.3 is 0 Å². The second-order valence-corrected chi connectivity index (χ2v) is 9.34. The number of benzene rings is 2. The molecular formula is C21H24N2O3S2. The summed E-state index contributed by atoms with van der Waals surface area (Å²) in [5, 5.41) is 6.25. The van der Waals surface area contributed by atoms with E-state index >= 15 is 0 Å². The van der Waals surface area contributed by atoms with Crippen LogP contribution < -0.4 is 10.0 Å². The van der Waals surface area contributed by atoms with E-state index in [-0.39, 0.29) is 16.8 Å². The monoisotopic (exact) mass is 416 g/mol. The van der Waals surface area contributed by atoms with Gasteiger partial charge in [-0.15, -0.1) is 11.3 Å². The maximum atomic E-state index is 12.3. The third-order valence-electron chi connectivity index (χ3n) is 4.64. The van der Waals surface area contributed by atoms with Crippen molar-refractivity contribution in [3.63, 3.8) is 0 Å². The molecule has 1 aromatic heterocycles. The SMILES string of the molecule is CCC(C)NS(=O)(=O)c1ccc(C(=O)NCCc2csc3ccccc23)cc1. The van der Waals surface area contributed by atoms with Crippen molar-refractivity contribution in [2.45, 2.75) is 37.6 Å². The number of carbonyl (C=O) groups excluding carboxylic acids is 1. The highest BCUT2D eigenvalue weighted by Gasteiger charge is 2.17. The van der Waals surface area contributed by atoms with E-state index in [1.807, 2.05) is 26.0 Å². The molecule has 1 heterocycles. The molecular weight excluding hydrogens is 392 g/mol. The predicted octanol–water partition coefficient (Wildman–Crippen LogP) is 3.95. The Kier molecular flexibility index (Phi) is 6.49. The zero-order chi connectivity index (χ0) is 20.1. The van der Waals surface area contributed by atoms with Crippen LogP contribution in [-0.4, -0.2) is 26.9 Å². The quantitative estimate of drug-likeness (QED) is 0.584. The van der Waals surface area contributed by atoms with E-state index in [1.54, 1.807) is 23.5 Å². The molecule has 3 rings (SSSR count). The first kappa shape index (κ1) is 20.5. The molecule has 1 unspecified atom stereocenters. The number of carbonyl (C=O) groups is 1. The Bertz CT molecular complexity index is 1060. The molecule has 2 aromatic carbocycles. The molecule has 0 fully saturated rings. The molecule has 0 spiro atoms. The zero-order valence-electron chi connectivity index (χ0n) is 15.9. The molecule has 5 nitrogen and oxygen atoms in total. The van der Waals surface area contributed by atoms with Gasteiger partial charge in [0.2, 0.25) is 10.0 Å². The minimum absolute atomic E-state index is 0.138. The van der Waals surface area contributed by atoms with Crippen molar-refractivity contribution >= 4 is 37.4 Å². The Morgan fingerprint density at radius 1 is 1.11 bits per heavy atom. The van der Waals surface area contributed by atoms with Crippen LogP contribution in [0.4, 0.5) is 0 Å². The van der Waals surface area contributed by atoms with Gasteiger partial charge in [0.05, 0.1) is 4.90 Å². The van der Waals surface area contributed by atoms with Crippen LogP contribution in [0.2, 0.25) is 0 Å². The van der Waals surface area contributed by atoms with Gasteiger partial charge in [0.1, 0.15) is 0 Å². The number of rotatable bonds is 8. The Balaban J connectivity index is 1.59. The van der Waals surface area contributed by atoms with Crippen LogP contribution in [-0.2, 0) is 16.4 Å². The Hall–Kier alpha value is -2.22. The first-order chi connectivity index (χ1) is 13.4. The fourth-order valence-electron chi connectivity index (χ4n) is 2.84. The molecule has 3 aromatic rings. The lowest BCUT2D eigenvalue weighted by molar-refractivity contribution is 0.0954. The fraction of sp³-hybridized carbons (Fsp3) is 0.286. The van der Waals surface area contributed by atoms with E-state index in [1.165, 1.54) is 27.8 Å². The van der Waals surface area contributed by atoms with Gasteiger partial charge in [0.25, 0.3) is 5.91 Å². The lowest BCUT2D eigenvalue weighted by Gasteiger charge is -2.12. The van der Waals surface area contributed by atoms with Crippen LogP contribution in [0.3, 0.4) is 0 Å². The van der Waals surface area contributed by atoms with Crippen molar-refractivity contribution < 1.29 is 13.2 Å². The van der Waals surface area contributed by atoms with Crippen LogP contribution in [0.1, 0.15) is 36.2 Å². The topological polar surface area (TPSA) is 75.3 Å². The van der Waals surface area contributed by atoms with E-state index in [0.717, 1.165) is 6.42 Å². The van der Waals surface area contributed by atoms with Gasteiger partial charge in [-0.3, -0.25) is 4.79 Å². The standard InChI is InChI=1S/C21H24N2O3S2/c1-3-15(2)23-28(25,26)18-10-8-16(9-11-18)21(24)22-13-12-17-14-27-20-7-5-4-6-19(17)20/h4-11,14-15,23H,3,12-13H2,1-2H3,(H,22,24). The summed E-state index contributed by atoms with van der Waals surface area (Å²) in [5.74, 6) is -0.210. The van der Waals surface area contributed by atoms with Crippen molar-refractivity contribution in [1.82, 2.24) is 10.0 Å². The van der Waals surface area contributed by atoms with Crippen LogP contribution >= 0.6 is 11.3 Å². The van der Waals surface area contributed by atoms with Crippen LogP contribution in [0.25, 0.3) is 10.1 Å². The van der Waals surface area contributed by atoms with Crippen molar-refractivity contribution in [1.29, 1.82) is 0 Å². The summed E-state index contributed by atoms with van der Waals surface area (Å²) in [6, 6.07) is 14.1. The summed E-state index contributed by atoms with van der Waals surface area (Å²) in [4.78, 5) is 12.5. The van der Waals surface area contributed by atoms with Gasteiger partial charge in [-0.2, -0.15) is 0 Å². The number of sulfonamides is 1. The molecule has 0 bridgehead atoms. The normalized spacial score (nSPS) is 12.8. The van der Waals surface area contributed by atoms with E-state index in [4.69, 9.17) is 0 Å². The Labute approximate surface area is 169 Å². The summed E-state index contributed by atoms with van der Waals surface area (Å²) in [5.41, 5.74) is 1.66. The average molecular weight is 417 g/mol. The summed E-state index contributed by atoms with van der Waals surface area (Å²) >= 11 is 1.70. The molecule has 148 valence electrons. The van der Waals surface area contributed by atoms with E-state index in [0.29, 0.717) is 18.5 Å². The third kappa shape index (κ3) is 4.79. The summed E-state index contributed by atoms with van der Waals surface area (Å²) in [6.45, 7) is 4.25. The van der Waals surface area contributed by atoms with Gasteiger partial charge in [-0.25, -0.2) is 13.1 Å². The second-order valence-electron chi connectivity index (χ2n) is 6.72. The molecule has 2 N–H and O–H groups in total. The van der Waals surface area contributed by atoms with Gasteiger partial charge in [-0.05, 0) is 66.4 Å². The average Bonchev–Trinajstić information content (AvgIpc) is 3.11. The first-order valence-electron chi connectivity index (χ1n) is 9.26. The minimum atomic E-state index is -3.56. The van der Waals surface area contributed by atoms with Crippen molar-refractivity contribution in [3.05, 3.63) is 65.0 Å². The van der Waals surface area contributed by atoms with Crippen LogP contribution in [0.5, 0.6) is 0 Å². The fourth-order valence-corrected chi connectivity index (χ4v) is 5.16. The molecule has 1 amide bonds. The largest absolute Gasteiger partial charge is 0.352 e. The van der Waals surface area contributed by atoms with Crippen molar-refractivity contribution in [2.75, 3.05) is 6.54 Å². The van der Waals surface area contributed by atoms with Crippen molar-refractivity contribution in [2.24, 2.45) is 0 Å². The van der Waals surface area contributed by atoms with Crippen molar-refractivity contribution in [3.8, 4) is 0 Å². The van der Waals surface area contributed by atoms with Crippen LogP contribution in [0.15, 0.2) is 58.8 Å². The minimum Gasteiger partial charge on any atom is -0.352 e. The second kappa shape index (κ2) is 8.86. The number of nitrogens with one attached hydrogen (secondary N) is 2. The predicted molar refractivity (Wildman–Crippen MR) is 114 cm³/mol. The number of hydrogen-bond donors (Lipinski definition) is 2. The molecule has 0 aliphatic heterocycles. The van der Waals surface area contributed by atoms with Gasteiger partial charge in [-0.1, -0.05) is 25.1 Å². The maximum Gasteiger partial charge on any atom is 0.251 e. The lowest BCUT2D eigenvalue weighted by atomic mass is 10.1. The summed E-state index contributed by atoms with van der Waals surface area (Å²) in [6.07, 6.45) is 1.46. The van der Waals surface area contributed by atoms with Gasteiger partial charge in [0.15, 0.2) is 0 Å². The highest BCUT2D eigenvalue weighted by molar-refractivity contribution is 7.89. The van der Waals surface area contributed by atoms with Gasteiger partial charge < -0.3 is 5.32 Å². The van der Waals surface area contributed by atoms with Crippen LogP contribution in [0, 0.1) is 0 Å². The molecule has 7 heteroatoms. The highest BCUT2D eigenvalue weighted by Crippen LogP contribution is 2.25. The number of hydrogen-bond acceptors (Lipinski definition) is 4. The number of amides is 1. The third-order valence-corrected chi connectivity index (χ3v) is 7.25. The Morgan fingerprint density at radius 3 is 2.54 bits per heavy atom. The summed E-state index contributed by atoms with van der Waals surface area (Å²) < 4.78 is 28.4. The molecule has 28 heavy (non-hydrogen) atoms. The maximum absolute atomic E-state index is 12.3.